The first-order valence-electron chi connectivity index (χ1n) is 6.94. The van der Waals surface area contributed by atoms with Gasteiger partial charge in [-0.15, -0.1) is 0 Å². The Kier molecular flexibility index (Phi) is 6.33. The topological polar surface area (TPSA) is 54.3 Å². The smallest absolute Gasteiger partial charge is 0.161 e. The molecule has 1 aromatic rings. The Balaban J connectivity index is 2.69. The van der Waals surface area contributed by atoms with Crippen LogP contribution in [0.5, 0.6) is 11.5 Å². The summed E-state index contributed by atoms with van der Waals surface area (Å²) in [5.41, 5.74) is 0.788. The second-order valence-corrected chi connectivity index (χ2v) is 5.36. The lowest BCUT2D eigenvalue weighted by Gasteiger charge is -2.17. The van der Waals surface area contributed by atoms with Crippen LogP contribution in [0, 0.1) is 16.7 Å². The standard InChI is InChI=1S/C16H24N2O2/c1-5-18-11-13-6-7-14(19-4)15(10-13)20-9-8-16(2,3)12-17/h6-7,10,18H,5,8-9,11H2,1-4H3. The summed E-state index contributed by atoms with van der Waals surface area (Å²) < 4.78 is 11.1. The predicted octanol–water partition coefficient (Wildman–Crippen LogP) is 3.12. The van der Waals surface area contributed by atoms with Crippen LogP contribution in [0.15, 0.2) is 18.2 Å². The van der Waals surface area contributed by atoms with Crippen molar-refractivity contribution in [3.05, 3.63) is 23.8 Å². The molecule has 0 aliphatic carbocycles. The van der Waals surface area contributed by atoms with Gasteiger partial charge in [0, 0.05) is 6.54 Å². The van der Waals surface area contributed by atoms with Crippen LogP contribution >= 0.6 is 0 Å². The van der Waals surface area contributed by atoms with E-state index >= 15 is 0 Å². The number of rotatable bonds is 8. The molecule has 0 saturated carbocycles. The lowest BCUT2D eigenvalue weighted by Crippen LogP contribution is -2.14. The third-order valence-corrected chi connectivity index (χ3v) is 3.09. The van der Waals surface area contributed by atoms with Crippen LogP contribution in [0.1, 0.15) is 32.8 Å². The van der Waals surface area contributed by atoms with Crippen molar-refractivity contribution < 1.29 is 9.47 Å². The van der Waals surface area contributed by atoms with Crippen LogP contribution in [-0.4, -0.2) is 20.3 Å². The van der Waals surface area contributed by atoms with Crippen molar-refractivity contribution >= 4 is 0 Å². The van der Waals surface area contributed by atoms with Crippen LogP contribution in [0.2, 0.25) is 0 Å². The molecule has 0 unspecified atom stereocenters. The summed E-state index contributed by atoms with van der Waals surface area (Å²) in [6.07, 6.45) is 0.685. The van der Waals surface area contributed by atoms with E-state index in [1.807, 2.05) is 32.0 Å². The molecular weight excluding hydrogens is 252 g/mol. The Morgan fingerprint density at radius 2 is 2.05 bits per heavy atom. The van der Waals surface area contributed by atoms with Crippen LogP contribution in [0.25, 0.3) is 0 Å². The molecule has 0 bridgehead atoms. The first-order valence-corrected chi connectivity index (χ1v) is 6.94. The fourth-order valence-corrected chi connectivity index (χ4v) is 1.69. The highest BCUT2D eigenvalue weighted by molar-refractivity contribution is 5.42. The highest BCUT2D eigenvalue weighted by Crippen LogP contribution is 2.29. The van der Waals surface area contributed by atoms with Gasteiger partial charge in [0.25, 0.3) is 0 Å². The average molecular weight is 276 g/mol. The van der Waals surface area contributed by atoms with Crippen LogP contribution in [-0.2, 0) is 6.54 Å². The fraction of sp³-hybridized carbons (Fsp3) is 0.562. The molecule has 0 aliphatic rings. The molecule has 0 aromatic heterocycles. The van der Waals surface area contributed by atoms with Gasteiger partial charge in [0.2, 0.25) is 0 Å². The molecule has 0 amide bonds. The van der Waals surface area contributed by atoms with E-state index in [-0.39, 0.29) is 5.41 Å². The van der Waals surface area contributed by atoms with Crippen LogP contribution in [0.4, 0.5) is 0 Å². The second kappa shape index (κ2) is 7.76. The number of nitrogens with zero attached hydrogens (tertiary/aromatic N) is 1. The maximum Gasteiger partial charge on any atom is 0.161 e. The number of nitrogens with one attached hydrogen (secondary N) is 1. The fourth-order valence-electron chi connectivity index (χ4n) is 1.69. The summed E-state index contributed by atoms with van der Waals surface area (Å²) in [5.74, 6) is 1.46. The minimum Gasteiger partial charge on any atom is -0.493 e. The third kappa shape index (κ3) is 5.10. The van der Waals surface area contributed by atoms with E-state index in [1.54, 1.807) is 7.11 Å². The SMILES string of the molecule is CCNCc1ccc(OC)c(OCCC(C)(C)C#N)c1. The van der Waals surface area contributed by atoms with Crippen molar-refractivity contribution in [2.75, 3.05) is 20.3 Å². The van der Waals surface area contributed by atoms with E-state index in [0.717, 1.165) is 30.2 Å². The molecule has 0 radical (unpaired) electrons. The van der Waals surface area contributed by atoms with Crippen molar-refractivity contribution in [1.29, 1.82) is 5.26 Å². The zero-order valence-electron chi connectivity index (χ0n) is 12.8. The van der Waals surface area contributed by atoms with E-state index in [0.29, 0.717) is 13.0 Å². The monoisotopic (exact) mass is 276 g/mol. The number of ether oxygens (including phenoxy) is 2. The maximum absolute atomic E-state index is 8.99. The van der Waals surface area contributed by atoms with Gasteiger partial charge in [-0.1, -0.05) is 13.0 Å². The van der Waals surface area contributed by atoms with Gasteiger partial charge < -0.3 is 14.8 Å². The van der Waals surface area contributed by atoms with Gasteiger partial charge in [-0.25, -0.2) is 0 Å². The van der Waals surface area contributed by atoms with Crippen molar-refractivity contribution in [2.45, 2.75) is 33.7 Å². The van der Waals surface area contributed by atoms with Gasteiger partial charge in [-0.05, 0) is 44.5 Å². The number of hydrogen-bond donors (Lipinski definition) is 1. The largest absolute Gasteiger partial charge is 0.493 e. The van der Waals surface area contributed by atoms with Crippen LogP contribution < -0.4 is 14.8 Å². The Morgan fingerprint density at radius 3 is 2.65 bits per heavy atom. The summed E-state index contributed by atoms with van der Waals surface area (Å²) in [7, 11) is 1.63. The third-order valence-electron chi connectivity index (χ3n) is 3.09. The molecule has 0 fully saturated rings. The predicted molar refractivity (Wildman–Crippen MR) is 79.9 cm³/mol. The highest BCUT2D eigenvalue weighted by Gasteiger charge is 2.17. The Morgan fingerprint density at radius 1 is 1.30 bits per heavy atom. The molecule has 1 N–H and O–H groups in total. The first-order chi connectivity index (χ1) is 9.52. The first kappa shape index (κ1) is 16.3. The Bertz CT molecular complexity index is 464. The van der Waals surface area contributed by atoms with E-state index in [4.69, 9.17) is 14.7 Å². The minimum atomic E-state index is -0.366. The quantitative estimate of drug-likeness (QED) is 0.792. The summed E-state index contributed by atoms with van der Waals surface area (Å²) in [6.45, 7) is 8.13. The van der Waals surface area contributed by atoms with Gasteiger partial charge >= 0.3 is 0 Å². The summed E-state index contributed by atoms with van der Waals surface area (Å²) in [4.78, 5) is 0. The minimum absolute atomic E-state index is 0.366. The molecule has 0 spiro atoms. The molecule has 4 heteroatoms. The number of nitriles is 1. The molecule has 0 aliphatic heterocycles. The van der Waals surface area contributed by atoms with E-state index in [9.17, 15) is 0 Å². The van der Waals surface area contributed by atoms with E-state index in [2.05, 4.69) is 18.3 Å². The zero-order chi connectivity index (χ0) is 15.0. The summed E-state index contributed by atoms with van der Waals surface area (Å²) in [5, 5.41) is 12.3. The highest BCUT2D eigenvalue weighted by atomic mass is 16.5. The number of hydrogen-bond acceptors (Lipinski definition) is 4. The zero-order valence-corrected chi connectivity index (χ0v) is 12.8. The maximum atomic E-state index is 8.99. The van der Waals surface area contributed by atoms with Crippen molar-refractivity contribution in [2.24, 2.45) is 5.41 Å². The summed E-state index contributed by atoms with van der Waals surface area (Å²) in [6, 6.07) is 8.20. The van der Waals surface area contributed by atoms with Crippen molar-refractivity contribution in [1.82, 2.24) is 5.32 Å². The van der Waals surface area contributed by atoms with Gasteiger partial charge in [-0.3, -0.25) is 0 Å². The number of methoxy groups -OCH3 is 1. The molecule has 0 atom stereocenters. The van der Waals surface area contributed by atoms with Crippen LogP contribution in [0.3, 0.4) is 0 Å². The average Bonchev–Trinajstić information content (AvgIpc) is 2.45. The molecular formula is C16H24N2O2. The van der Waals surface area contributed by atoms with Gasteiger partial charge in [0.15, 0.2) is 11.5 Å². The second-order valence-electron chi connectivity index (χ2n) is 5.36. The summed E-state index contributed by atoms with van der Waals surface area (Å²) >= 11 is 0. The Labute approximate surface area is 121 Å². The molecule has 20 heavy (non-hydrogen) atoms. The van der Waals surface area contributed by atoms with Gasteiger partial charge in [0.1, 0.15) is 0 Å². The van der Waals surface area contributed by atoms with E-state index < -0.39 is 0 Å². The molecule has 1 rings (SSSR count). The lowest BCUT2D eigenvalue weighted by atomic mass is 9.92. The van der Waals surface area contributed by atoms with Gasteiger partial charge in [0.05, 0.1) is 25.2 Å². The van der Waals surface area contributed by atoms with E-state index in [1.165, 1.54) is 0 Å². The molecule has 0 heterocycles. The van der Waals surface area contributed by atoms with Crippen molar-refractivity contribution in [3.63, 3.8) is 0 Å². The molecule has 4 nitrogen and oxygen atoms in total. The molecule has 110 valence electrons. The Hall–Kier alpha value is -1.73. The van der Waals surface area contributed by atoms with Crippen molar-refractivity contribution in [3.8, 4) is 17.6 Å². The number of benzene rings is 1. The van der Waals surface area contributed by atoms with Gasteiger partial charge in [-0.2, -0.15) is 5.26 Å². The normalized spacial score (nSPS) is 10.9. The lowest BCUT2D eigenvalue weighted by molar-refractivity contribution is 0.252. The molecule has 0 saturated heterocycles. The molecule has 1 aromatic carbocycles.